The Kier molecular flexibility index (Phi) is 5.22. The maximum Gasteiger partial charge on any atom is 0.344 e. The lowest BCUT2D eigenvalue weighted by Gasteiger charge is -2.08. The molecule has 86 valence electrons. The molecule has 0 aromatic heterocycles. The number of thiocarbonyl (C=S) groups is 1. The molecule has 0 amide bonds. The molecule has 0 bridgehead atoms. The second-order valence-electron chi connectivity index (χ2n) is 3.05. The van der Waals surface area contributed by atoms with E-state index in [1.165, 1.54) is 5.37 Å². The zero-order valence-corrected chi connectivity index (χ0v) is 10.3. The fourth-order valence-corrected chi connectivity index (χ4v) is 1.37. The zero-order valence-electron chi connectivity index (χ0n) is 8.73. The van der Waals surface area contributed by atoms with Gasteiger partial charge >= 0.3 is 5.97 Å². The van der Waals surface area contributed by atoms with Gasteiger partial charge in [0.25, 0.3) is 0 Å². The topological polar surface area (TPSA) is 35.5 Å². The molecular weight excluding hydrogens is 248 g/mol. The van der Waals surface area contributed by atoms with Gasteiger partial charge in [0.1, 0.15) is 12.4 Å². The summed E-state index contributed by atoms with van der Waals surface area (Å²) in [4.78, 5) is 11.1. The number of aryl methyl sites for hydroxylation is 1. The number of halogens is 1. The van der Waals surface area contributed by atoms with Gasteiger partial charge in [-0.2, -0.15) is 0 Å². The zero-order chi connectivity index (χ0) is 12.0. The number of hydrogen-bond donors (Lipinski definition) is 0. The Balaban J connectivity index is 2.48. The number of carbonyl (C=O) groups is 1. The van der Waals surface area contributed by atoms with Crippen molar-refractivity contribution in [3.63, 3.8) is 0 Å². The molecule has 5 heteroatoms. The largest absolute Gasteiger partial charge is 0.482 e. The number of rotatable bonds is 5. The van der Waals surface area contributed by atoms with Crippen molar-refractivity contribution < 1.29 is 14.3 Å². The summed E-state index contributed by atoms with van der Waals surface area (Å²) in [5, 5.41) is 1.97. The van der Waals surface area contributed by atoms with E-state index in [1.807, 2.05) is 6.92 Å². The molecule has 1 rings (SSSR count). The third kappa shape index (κ3) is 4.16. The number of esters is 1. The van der Waals surface area contributed by atoms with Crippen LogP contribution in [-0.4, -0.2) is 24.6 Å². The summed E-state index contributed by atoms with van der Waals surface area (Å²) >= 11 is 10.3. The normalized spacial score (nSPS) is 9.62. The van der Waals surface area contributed by atoms with Crippen LogP contribution in [0, 0.1) is 6.92 Å². The van der Waals surface area contributed by atoms with Gasteiger partial charge in [0, 0.05) is 10.4 Å². The van der Waals surface area contributed by atoms with E-state index in [1.54, 1.807) is 18.2 Å². The highest BCUT2D eigenvalue weighted by atomic mass is 35.5. The Morgan fingerprint density at radius 2 is 2.31 bits per heavy atom. The lowest BCUT2D eigenvalue weighted by molar-refractivity contribution is -0.144. The van der Waals surface area contributed by atoms with Crippen LogP contribution in [0.15, 0.2) is 18.2 Å². The number of carbonyl (C=O) groups excluding carboxylic acids is 1. The quantitative estimate of drug-likeness (QED) is 0.601. The van der Waals surface area contributed by atoms with Crippen LogP contribution < -0.4 is 4.74 Å². The molecule has 16 heavy (non-hydrogen) atoms. The summed E-state index contributed by atoms with van der Waals surface area (Å²) in [5.41, 5.74) is 0.870. The first-order chi connectivity index (χ1) is 7.63. The number of hydrogen-bond acceptors (Lipinski definition) is 4. The van der Waals surface area contributed by atoms with Gasteiger partial charge in [-0.15, -0.1) is 0 Å². The first kappa shape index (κ1) is 12.9. The summed E-state index contributed by atoms with van der Waals surface area (Å²) in [6, 6.07) is 5.18. The molecule has 1 aromatic carbocycles. The van der Waals surface area contributed by atoms with Crippen LogP contribution in [0.25, 0.3) is 0 Å². The van der Waals surface area contributed by atoms with Gasteiger partial charge in [-0.05, 0) is 30.7 Å². The van der Waals surface area contributed by atoms with E-state index in [2.05, 4.69) is 12.2 Å². The van der Waals surface area contributed by atoms with E-state index >= 15 is 0 Å². The average molecular weight is 259 g/mol. The van der Waals surface area contributed by atoms with Gasteiger partial charge in [0.15, 0.2) is 6.61 Å². The predicted octanol–water partition coefficient (Wildman–Crippen LogP) is 2.57. The van der Waals surface area contributed by atoms with Crippen molar-refractivity contribution in [3.8, 4) is 5.75 Å². The fourth-order valence-electron chi connectivity index (χ4n) is 1.08. The van der Waals surface area contributed by atoms with Crippen molar-refractivity contribution >= 4 is 35.2 Å². The molecule has 0 N–H and O–H groups in total. The summed E-state index contributed by atoms with van der Waals surface area (Å²) < 4.78 is 10.00. The Labute approximate surface area is 104 Å². The molecule has 0 unspecified atom stereocenters. The molecule has 0 radical (unpaired) electrons. The van der Waals surface area contributed by atoms with E-state index in [0.717, 1.165) is 5.56 Å². The van der Waals surface area contributed by atoms with Crippen molar-refractivity contribution in [2.24, 2.45) is 0 Å². The van der Waals surface area contributed by atoms with E-state index in [-0.39, 0.29) is 13.2 Å². The average Bonchev–Trinajstić information content (AvgIpc) is 2.25. The van der Waals surface area contributed by atoms with Crippen molar-refractivity contribution in [2.75, 3.05) is 13.2 Å². The molecule has 3 nitrogen and oxygen atoms in total. The Morgan fingerprint density at radius 3 is 2.94 bits per heavy atom. The molecule has 0 aliphatic heterocycles. The summed E-state index contributed by atoms with van der Waals surface area (Å²) in [6.07, 6.45) is 0. The van der Waals surface area contributed by atoms with Crippen LogP contribution in [0.2, 0.25) is 5.02 Å². The molecule has 0 aliphatic rings. The van der Waals surface area contributed by atoms with Crippen molar-refractivity contribution in [2.45, 2.75) is 6.92 Å². The van der Waals surface area contributed by atoms with E-state index < -0.39 is 5.97 Å². The van der Waals surface area contributed by atoms with Gasteiger partial charge in [-0.25, -0.2) is 4.79 Å². The second kappa shape index (κ2) is 6.45. The summed E-state index contributed by atoms with van der Waals surface area (Å²) in [5.74, 6) is 0.166. The third-order valence-electron chi connectivity index (χ3n) is 1.79. The minimum absolute atomic E-state index is 0.122. The highest BCUT2D eigenvalue weighted by molar-refractivity contribution is 7.79. The maximum absolute atomic E-state index is 11.1. The Morgan fingerprint density at radius 1 is 1.56 bits per heavy atom. The molecule has 0 atom stereocenters. The minimum atomic E-state index is -0.449. The predicted molar refractivity (Wildman–Crippen MR) is 66.3 cm³/mol. The van der Waals surface area contributed by atoms with Crippen molar-refractivity contribution in [3.05, 3.63) is 28.8 Å². The van der Waals surface area contributed by atoms with Gasteiger partial charge in [-0.3, -0.25) is 0 Å². The molecule has 0 heterocycles. The number of ether oxygens (including phenoxy) is 2. The van der Waals surface area contributed by atoms with Crippen molar-refractivity contribution in [1.82, 2.24) is 0 Å². The minimum Gasteiger partial charge on any atom is -0.482 e. The van der Waals surface area contributed by atoms with Crippen LogP contribution >= 0.6 is 23.8 Å². The van der Waals surface area contributed by atoms with Gasteiger partial charge < -0.3 is 9.47 Å². The van der Waals surface area contributed by atoms with Crippen LogP contribution in [0.3, 0.4) is 0 Å². The Hall–Kier alpha value is -1.13. The highest BCUT2D eigenvalue weighted by Crippen LogP contribution is 2.21. The van der Waals surface area contributed by atoms with Crippen LogP contribution in [-0.2, 0) is 9.53 Å². The molecule has 0 saturated carbocycles. The standard InChI is InChI=1S/C11H11ClO3S/c1-8-6-9(12)2-3-10(8)15-7-11(13)14-4-5-16/h2-3,5-6H,4,7H2,1H3. The highest BCUT2D eigenvalue weighted by Gasteiger charge is 2.05. The fraction of sp³-hybridized carbons (Fsp3) is 0.273. The number of benzene rings is 1. The summed E-state index contributed by atoms with van der Waals surface area (Å²) in [7, 11) is 0. The molecule has 1 aromatic rings. The molecular formula is C11H11ClO3S. The third-order valence-corrected chi connectivity index (χ3v) is 2.17. The van der Waals surface area contributed by atoms with Gasteiger partial charge in [-0.1, -0.05) is 23.8 Å². The van der Waals surface area contributed by atoms with Gasteiger partial charge in [0.05, 0.1) is 0 Å². The van der Waals surface area contributed by atoms with E-state index in [0.29, 0.717) is 10.8 Å². The Bertz CT molecular complexity index is 393. The van der Waals surface area contributed by atoms with Crippen LogP contribution in [0.1, 0.15) is 5.56 Å². The smallest absolute Gasteiger partial charge is 0.344 e. The van der Waals surface area contributed by atoms with Gasteiger partial charge in [0.2, 0.25) is 0 Å². The first-order valence-electron chi connectivity index (χ1n) is 4.61. The monoisotopic (exact) mass is 258 g/mol. The lowest BCUT2D eigenvalue weighted by Crippen LogP contribution is -2.15. The first-order valence-corrected chi connectivity index (χ1v) is 5.46. The van der Waals surface area contributed by atoms with Crippen LogP contribution in [0.4, 0.5) is 0 Å². The van der Waals surface area contributed by atoms with E-state index in [9.17, 15) is 4.79 Å². The SMILES string of the molecule is Cc1cc(Cl)ccc1OCC(=O)OCC=S. The molecule has 0 fully saturated rings. The molecule has 0 saturated heterocycles. The molecule has 0 spiro atoms. The maximum atomic E-state index is 11.1. The molecule has 0 aliphatic carbocycles. The lowest BCUT2D eigenvalue weighted by atomic mass is 10.2. The second-order valence-corrected chi connectivity index (χ2v) is 3.82. The van der Waals surface area contributed by atoms with Crippen LogP contribution in [0.5, 0.6) is 5.75 Å². The summed E-state index contributed by atoms with van der Waals surface area (Å²) in [6.45, 7) is 1.84. The van der Waals surface area contributed by atoms with Crippen molar-refractivity contribution in [1.29, 1.82) is 0 Å². The van der Waals surface area contributed by atoms with E-state index in [4.69, 9.17) is 21.1 Å².